The van der Waals surface area contributed by atoms with E-state index in [1.165, 1.54) is 108 Å². The first-order valence-electron chi connectivity index (χ1n) is 22.4. The predicted molar refractivity (Wildman–Crippen MR) is 290 cm³/mol. The van der Waals surface area contributed by atoms with Gasteiger partial charge in [0.05, 0.1) is 0 Å². The summed E-state index contributed by atoms with van der Waals surface area (Å²) in [4.78, 5) is 0. The number of phenols is 13. The lowest BCUT2D eigenvalue weighted by Crippen LogP contribution is -1.68. The number of aryl methyl sites for hydroxylation is 4. The van der Waals surface area contributed by atoms with Crippen LogP contribution in [0.5, 0.6) is 74.7 Å². The quantitative estimate of drug-likeness (QED) is 0.0631. The maximum atomic E-state index is 8.92. The van der Waals surface area contributed by atoms with E-state index >= 15 is 0 Å². The van der Waals surface area contributed by atoms with Gasteiger partial charge in [0.15, 0.2) is 0 Å². The zero-order chi connectivity index (χ0) is 55.0. The van der Waals surface area contributed by atoms with Crippen molar-refractivity contribution in [2.45, 2.75) is 41.5 Å². The average Bonchev–Trinajstić information content (AvgIpc) is 3.39. The average molecular weight is 997 g/mol. The highest BCUT2D eigenvalue weighted by Gasteiger charge is 1.90. The Hall–Kier alpha value is -9.62. The molecule has 0 unspecified atom stereocenters. The molecule has 0 aromatic heterocycles. The van der Waals surface area contributed by atoms with Crippen molar-refractivity contribution in [1.29, 1.82) is 0 Å². The smallest absolute Gasteiger partial charge is 0.118 e. The number of phenolic OH excluding ortho intramolecular Hbond substituents is 13. The second kappa shape index (κ2) is 38.3. The molecule has 9 aromatic carbocycles. The summed E-state index contributed by atoms with van der Waals surface area (Å²) < 4.78 is 0. The molecule has 0 spiro atoms. The molecule has 0 atom stereocenters. The highest BCUT2D eigenvalue weighted by Crippen LogP contribution is 2.17. The second-order valence-electron chi connectivity index (χ2n) is 14.6. The summed E-state index contributed by atoms with van der Waals surface area (Å²) in [7, 11) is 0. The van der Waals surface area contributed by atoms with E-state index < -0.39 is 0 Å². The molecule has 0 aliphatic rings. The van der Waals surface area contributed by atoms with Gasteiger partial charge in [-0.2, -0.15) is 0 Å². The molecule has 0 aliphatic carbocycles. The van der Waals surface area contributed by atoms with Crippen LogP contribution in [-0.2, 0) is 0 Å². The summed E-state index contributed by atoms with van der Waals surface area (Å²) >= 11 is 0. The highest BCUT2D eigenvalue weighted by atomic mass is 16.3. The Bertz CT molecular complexity index is 2170. The third-order valence-electron chi connectivity index (χ3n) is 8.45. The predicted octanol–water partition coefficient (Wildman–Crippen LogP) is 13.6. The van der Waals surface area contributed by atoms with Crippen LogP contribution >= 0.6 is 0 Å². The lowest BCUT2D eigenvalue weighted by atomic mass is 10.2. The summed E-state index contributed by atoms with van der Waals surface area (Å²) in [5, 5.41) is 113. The maximum Gasteiger partial charge on any atom is 0.118 e. The van der Waals surface area contributed by atoms with Crippen molar-refractivity contribution in [3.63, 3.8) is 0 Å². The van der Waals surface area contributed by atoms with Gasteiger partial charge < -0.3 is 66.4 Å². The lowest BCUT2D eigenvalue weighted by molar-refractivity contribution is 0.460. The number of aromatic hydroxyl groups is 13. The maximum absolute atomic E-state index is 8.92. The monoisotopic (exact) mass is 996 g/mol. The van der Waals surface area contributed by atoms with Crippen molar-refractivity contribution >= 4 is 0 Å². The number of benzene rings is 9. The molecule has 0 bridgehead atoms. The molecular formula is C60H68O13. The molecule has 0 saturated carbocycles. The van der Waals surface area contributed by atoms with Gasteiger partial charge in [0.25, 0.3) is 0 Å². The summed E-state index contributed by atoms with van der Waals surface area (Å²) in [6.45, 7) is 11.7. The van der Waals surface area contributed by atoms with Crippen molar-refractivity contribution in [1.82, 2.24) is 0 Å². The second-order valence-corrected chi connectivity index (χ2v) is 14.6. The summed E-state index contributed by atoms with van der Waals surface area (Å²) in [6, 6.07) is 60.2. The largest absolute Gasteiger partial charge is 0.508 e. The van der Waals surface area contributed by atoms with Gasteiger partial charge in [0, 0.05) is 0 Å². The van der Waals surface area contributed by atoms with Gasteiger partial charge in [-0.25, -0.2) is 0 Å². The Kier molecular flexibility index (Phi) is 33.2. The van der Waals surface area contributed by atoms with Crippen LogP contribution < -0.4 is 0 Å². The van der Waals surface area contributed by atoms with Gasteiger partial charge in [-0.05, 0) is 184 Å². The summed E-state index contributed by atoms with van der Waals surface area (Å²) in [5.74, 6) is 3.07. The van der Waals surface area contributed by atoms with E-state index in [-0.39, 0.29) is 46.0 Å². The molecule has 0 heterocycles. The van der Waals surface area contributed by atoms with E-state index in [1.807, 2.05) is 108 Å². The first-order valence-corrected chi connectivity index (χ1v) is 22.4. The zero-order valence-corrected chi connectivity index (χ0v) is 41.7. The molecule has 0 saturated heterocycles. The van der Waals surface area contributed by atoms with E-state index in [9.17, 15) is 0 Å². The van der Waals surface area contributed by atoms with E-state index in [4.69, 9.17) is 66.4 Å². The Morgan fingerprint density at radius 3 is 0.452 bits per heavy atom. The minimum atomic E-state index is 0.169. The van der Waals surface area contributed by atoms with Crippen LogP contribution in [0.3, 0.4) is 0 Å². The Labute approximate surface area is 427 Å². The van der Waals surface area contributed by atoms with Crippen LogP contribution in [0.2, 0.25) is 0 Å². The fourth-order valence-electron chi connectivity index (χ4n) is 4.45. The van der Waals surface area contributed by atoms with Crippen molar-refractivity contribution < 1.29 is 66.4 Å². The van der Waals surface area contributed by atoms with Gasteiger partial charge in [-0.3, -0.25) is 0 Å². The zero-order valence-electron chi connectivity index (χ0n) is 41.7. The third kappa shape index (κ3) is 35.2. The van der Waals surface area contributed by atoms with Crippen molar-refractivity contribution in [3.8, 4) is 74.7 Å². The van der Waals surface area contributed by atoms with Gasteiger partial charge in [0.2, 0.25) is 0 Å². The van der Waals surface area contributed by atoms with E-state index in [1.54, 1.807) is 60.7 Å². The van der Waals surface area contributed by atoms with Gasteiger partial charge >= 0.3 is 0 Å². The molecule has 0 amide bonds. The van der Waals surface area contributed by atoms with Crippen LogP contribution in [0.15, 0.2) is 224 Å². The molecule has 9 aromatic rings. The van der Waals surface area contributed by atoms with Crippen molar-refractivity contribution in [2.75, 3.05) is 0 Å². The molecular weight excluding hydrogens is 929 g/mol. The fraction of sp³-hybridized carbons (Fsp3) is 0.100. The first kappa shape index (κ1) is 63.4. The number of rotatable bonds is 0. The van der Waals surface area contributed by atoms with E-state index in [0.717, 1.165) is 11.1 Å². The van der Waals surface area contributed by atoms with Gasteiger partial charge in [0.1, 0.15) is 74.7 Å². The minimum Gasteiger partial charge on any atom is -0.508 e. The van der Waals surface area contributed by atoms with Crippen molar-refractivity contribution in [3.05, 3.63) is 247 Å². The molecule has 73 heavy (non-hydrogen) atoms. The normalized spacial score (nSPS) is 8.85. The molecule has 13 nitrogen and oxygen atoms in total. The van der Waals surface area contributed by atoms with Crippen LogP contribution in [0.1, 0.15) is 36.1 Å². The van der Waals surface area contributed by atoms with Gasteiger partial charge in [-0.15, -0.1) is 0 Å². The van der Waals surface area contributed by atoms with Crippen LogP contribution in [0.25, 0.3) is 0 Å². The number of hydrogen-bond donors (Lipinski definition) is 13. The van der Waals surface area contributed by atoms with E-state index in [0.29, 0.717) is 28.7 Å². The molecule has 0 fully saturated rings. The molecule has 13 heteroatoms. The Morgan fingerprint density at radius 2 is 0.329 bits per heavy atom. The fourth-order valence-corrected chi connectivity index (χ4v) is 4.45. The van der Waals surface area contributed by atoms with Crippen molar-refractivity contribution in [2.24, 2.45) is 0 Å². The van der Waals surface area contributed by atoms with Crippen LogP contribution in [0.4, 0.5) is 0 Å². The van der Waals surface area contributed by atoms with Gasteiger partial charge in [-0.1, -0.05) is 104 Å². The standard InChI is InChI=1S/4C7H8O.4C6H6O2.C6H6O.C2H6/c2*1-6-2-4-7(8)5-3-6;2*1-6-4-2-3-5-7(6)8;4*7-5-1-2-6(8)4-3-5;7-6-4-2-1-3-5-6;1-2/h4*2-5,8H,1H3;4*1-4,7-8H;1-5,7H;1-2H3. The number of para-hydroxylation sites is 3. The summed E-state index contributed by atoms with van der Waals surface area (Å²) in [5.41, 5.74) is 4.19. The highest BCUT2D eigenvalue weighted by molar-refractivity contribution is 5.33. The van der Waals surface area contributed by atoms with Crippen LogP contribution in [-0.4, -0.2) is 66.4 Å². The Morgan fingerprint density at radius 1 is 0.178 bits per heavy atom. The third-order valence-corrected chi connectivity index (χ3v) is 8.45. The van der Waals surface area contributed by atoms with E-state index in [2.05, 4.69) is 0 Å². The molecule has 386 valence electrons. The Balaban J connectivity index is 0.000000795. The molecule has 9 rings (SSSR count). The minimum absolute atomic E-state index is 0.169. The molecule has 0 aliphatic heterocycles. The number of hydrogen-bond acceptors (Lipinski definition) is 13. The summed E-state index contributed by atoms with van der Waals surface area (Å²) in [6.07, 6.45) is 0. The molecule has 0 radical (unpaired) electrons. The first-order chi connectivity index (χ1) is 34.7. The molecule has 13 N–H and O–H groups in total. The lowest BCUT2D eigenvalue weighted by Gasteiger charge is -1.92. The topological polar surface area (TPSA) is 263 Å². The van der Waals surface area contributed by atoms with Crippen LogP contribution in [0, 0.1) is 27.7 Å². The SMILES string of the molecule is CC.Cc1ccc(O)cc1.Cc1ccc(O)cc1.Cc1ccccc1O.Cc1ccccc1O.Oc1ccc(O)cc1.Oc1ccc(O)cc1.Oc1ccc(O)cc1.Oc1ccc(O)cc1.Oc1ccccc1.